The van der Waals surface area contributed by atoms with Crippen molar-refractivity contribution >= 4 is 27.5 Å². The molecule has 1 N–H and O–H groups in total. The number of anilines is 1. The van der Waals surface area contributed by atoms with Crippen LogP contribution in [0.5, 0.6) is 11.5 Å². The number of hydrogen-bond acceptors (Lipinski definition) is 6. The lowest BCUT2D eigenvalue weighted by Crippen LogP contribution is -2.51. The number of rotatable bonds is 13. The maximum atomic E-state index is 13.9. The Morgan fingerprint density at radius 2 is 1.57 bits per heavy atom. The Balaban J connectivity index is 2.03. The third-order valence-corrected chi connectivity index (χ3v) is 8.25. The summed E-state index contributed by atoms with van der Waals surface area (Å²) in [5.41, 5.74) is 1.93. The number of aryl methyl sites for hydroxylation is 1. The lowest BCUT2D eigenvalue weighted by atomic mass is 10.1. The minimum absolute atomic E-state index is 0.0455. The number of methoxy groups -OCH3 is 2. The fourth-order valence-electron chi connectivity index (χ4n) is 4.04. The van der Waals surface area contributed by atoms with Crippen molar-refractivity contribution in [2.75, 3.05) is 31.6 Å². The van der Waals surface area contributed by atoms with E-state index in [-0.39, 0.29) is 23.0 Å². The van der Waals surface area contributed by atoms with Crippen LogP contribution in [-0.2, 0) is 26.2 Å². The molecule has 2 amide bonds. The number of nitrogens with one attached hydrogen (secondary N) is 1. The van der Waals surface area contributed by atoms with Gasteiger partial charge < -0.3 is 19.7 Å². The van der Waals surface area contributed by atoms with Gasteiger partial charge in [0.2, 0.25) is 11.8 Å². The number of nitrogens with zero attached hydrogens (tertiary/aromatic N) is 2. The molecule has 10 heteroatoms. The summed E-state index contributed by atoms with van der Waals surface area (Å²) in [6.45, 7) is 5.47. The first-order valence-electron chi connectivity index (χ1n) is 13.0. The zero-order valence-electron chi connectivity index (χ0n) is 23.6. The fraction of sp³-hybridized carbons (Fsp3) is 0.333. The molecule has 0 heterocycles. The number of carbonyl (C=O) groups is 2. The molecule has 0 spiro atoms. The molecule has 214 valence electrons. The molecule has 0 aliphatic rings. The SMILES string of the molecule is CCCNC(=O)[C@H](C)N(Cc1ccc(OC)cc1)C(=O)CN(c1cccc(OC)c1)S(=O)(=O)c1ccc(C)cc1. The number of benzene rings is 3. The molecule has 0 aromatic heterocycles. The maximum absolute atomic E-state index is 13.9. The van der Waals surface area contributed by atoms with Crippen molar-refractivity contribution < 1.29 is 27.5 Å². The van der Waals surface area contributed by atoms with E-state index in [9.17, 15) is 18.0 Å². The van der Waals surface area contributed by atoms with E-state index in [1.54, 1.807) is 74.7 Å². The van der Waals surface area contributed by atoms with E-state index in [0.29, 0.717) is 18.0 Å². The molecule has 9 nitrogen and oxygen atoms in total. The molecule has 40 heavy (non-hydrogen) atoms. The summed E-state index contributed by atoms with van der Waals surface area (Å²) in [6.07, 6.45) is 0.739. The highest BCUT2D eigenvalue weighted by atomic mass is 32.2. The second-order valence-corrected chi connectivity index (χ2v) is 11.2. The van der Waals surface area contributed by atoms with Gasteiger partial charge in [-0.3, -0.25) is 13.9 Å². The number of amides is 2. The van der Waals surface area contributed by atoms with Gasteiger partial charge in [0.1, 0.15) is 24.1 Å². The Hall–Kier alpha value is -4.05. The van der Waals surface area contributed by atoms with Gasteiger partial charge in [-0.25, -0.2) is 8.42 Å². The highest BCUT2D eigenvalue weighted by molar-refractivity contribution is 7.92. The van der Waals surface area contributed by atoms with Crippen LogP contribution < -0.4 is 19.1 Å². The standard InChI is InChI=1S/C30H37N3O6S/c1-6-18-31-30(35)23(3)32(20-24-12-14-26(38-4)15-13-24)29(34)21-33(25-8-7-9-27(19-25)39-5)40(36,37)28-16-10-22(2)11-17-28/h7-17,19,23H,6,18,20-21H2,1-5H3,(H,31,35)/t23-/m0/s1. The quantitative estimate of drug-likeness (QED) is 0.333. The van der Waals surface area contributed by atoms with Crippen molar-refractivity contribution in [2.45, 2.75) is 44.7 Å². The Bertz CT molecular complexity index is 1390. The molecular formula is C30H37N3O6S. The normalized spacial score (nSPS) is 11.8. The fourth-order valence-corrected chi connectivity index (χ4v) is 5.44. The summed E-state index contributed by atoms with van der Waals surface area (Å²) in [5.74, 6) is 0.242. The van der Waals surface area contributed by atoms with E-state index in [4.69, 9.17) is 9.47 Å². The van der Waals surface area contributed by atoms with Crippen LogP contribution in [0.1, 0.15) is 31.4 Å². The van der Waals surface area contributed by atoms with Gasteiger partial charge in [0.05, 0.1) is 24.8 Å². The molecule has 0 unspecified atom stereocenters. The van der Waals surface area contributed by atoms with Crippen molar-refractivity contribution in [3.05, 3.63) is 83.9 Å². The summed E-state index contributed by atoms with van der Waals surface area (Å²) in [7, 11) is -1.11. The predicted molar refractivity (Wildman–Crippen MR) is 155 cm³/mol. The van der Waals surface area contributed by atoms with Crippen LogP contribution in [0.15, 0.2) is 77.7 Å². The van der Waals surface area contributed by atoms with E-state index in [0.717, 1.165) is 21.9 Å². The Morgan fingerprint density at radius 1 is 0.925 bits per heavy atom. The van der Waals surface area contributed by atoms with Gasteiger partial charge in [-0.15, -0.1) is 0 Å². The molecule has 0 bridgehead atoms. The van der Waals surface area contributed by atoms with Crippen LogP contribution in [0.3, 0.4) is 0 Å². The smallest absolute Gasteiger partial charge is 0.264 e. The summed E-state index contributed by atoms with van der Waals surface area (Å²) in [5, 5.41) is 2.83. The highest BCUT2D eigenvalue weighted by Gasteiger charge is 2.32. The zero-order valence-corrected chi connectivity index (χ0v) is 24.4. The molecule has 3 aromatic carbocycles. The van der Waals surface area contributed by atoms with Crippen LogP contribution >= 0.6 is 0 Å². The van der Waals surface area contributed by atoms with E-state index in [1.165, 1.54) is 24.1 Å². The molecular weight excluding hydrogens is 530 g/mol. The van der Waals surface area contributed by atoms with E-state index >= 15 is 0 Å². The van der Waals surface area contributed by atoms with Gasteiger partial charge in [-0.2, -0.15) is 0 Å². The Labute approximate surface area is 236 Å². The van der Waals surface area contributed by atoms with Crippen molar-refractivity contribution in [2.24, 2.45) is 0 Å². The first kappa shape index (κ1) is 30.5. The molecule has 3 aromatic rings. The number of carbonyl (C=O) groups excluding carboxylic acids is 2. The second-order valence-electron chi connectivity index (χ2n) is 9.36. The second kappa shape index (κ2) is 13.8. The number of sulfonamides is 1. The van der Waals surface area contributed by atoms with Gasteiger partial charge in [-0.1, -0.05) is 42.8 Å². The van der Waals surface area contributed by atoms with Crippen LogP contribution in [0.25, 0.3) is 0 Å². The predicted octanol–water partition coefficient (Wildman–Crippen LogP) is 4.15. The first-order chi connectivity index (χ1) is 19.1. The molecule has 0 aliphatic carbocycles. The van der Waals surface area contributed by atoms with Crippen molar-refractivity contribution in [1.82, 2.24) is 10.2 Å². The first-order valence-corrected chi connectivity index (χ1v) is 14.5. The minimum Gasteiger partial charge on any atom is -0.497 e. The highest BCUT2D eigenvalue weighted by Crippen LogP contribution is 2.28. The van der Waals surface area contributed by atoms with Crippen LogP contribution in [0.4, 0.5) is 5.69 Å². The molecule has 0 aliphatic heterocycles. The molecule has 0 fully saturated rings. The van der Waals surface area contributed by atoms with Crippen LogP contribution in [0.2, 0.25) is 0 Å². The summed E-state index contributed by atoms with van der Waals surface area (Å²) in [6, 6.07) is 19.2. The lowest BCUT2D eigenvalue weighted by molar-refractivity contribution is -0.139. The topological polar surface area (TPSA) is 105 Å². The van der Waals surface area contributed by atoms with Gasteiger partial charge in [-0.05, 0) is 62.2 Å². The summed E-state index contributed by atoms with van der Waals surface area (Å²) >= 11 is 0. The zero-order chi connectivity index (χ0) is 29.3. The van der Waals surface area contributed by atoms with E-state index < -0.39 is 28.5 Å². The molecule has 0 radical (unpaired) electrons. The van der Waals surface area contributed by atoms with Crippen molar-refractivity contribution in [3.8, 4) is 11.5 Å². The van der Waals surface area contributed by atoms with E-state index in [2.05, 4.69) is 5.32 Å². The number of hydrogen-bond donors (Lipinski definition) is 1. The molecule has 0 saturated carbocycles. The number of ether oxygens (including phenoxy) is 2. The van der Waals surface area contributed by atoms with Crippen molar-refractivity contribution in [1.29, 1.82) is 0 Å². The summed E-state index contributed by atoms with van der Waals surface area (Å²) < 4.78 is 39.4. The Kier molecular flexibility index (Phi) is 10.6. The van der Waals surface area contributed by atoms with Gasteiger partial charge in [0.25, 0.3) is 10.0 Å². The third kappa shape index (κ3) is 7.53. The van der Waals surface area contributed by atoms with Gasteiger partial charge in [0, 0.05) is 19.2 Å². The average molecular weight is 568 g/mol. The van der Waals surface area contributed by atoms with Gasteiger partial charge >= 0.3 is 0 Å². The monoisotopic (exact) mass is 567 g/mol. The summed E-state index contributed by atoms with van der Waals surface area (Å²) in [4.78, 5) is 28.3. The largest absolute Gasteiger partial charge is 0.497 e. The molecule has 3 rings (SSSR count). The maximum Gasteiger partial charge on any atom is 0.264 e. The van der Waals surface area contributed by atoms with Crippen LogP contribution in [-0.4, -0.2) is 58.5 Å². The van der Waals surface area contributed by atoms with Gasteiger partial charge in [0.15, 0.2) is 0 Å². The molecule has 0 saturated heterocycles. The van der Waals surface area contributed by atoms with E-state index in [1.807, 2.05) is 13.8 Å². The van der Waals surface area contributed by atoms with Crippen LogP contribution in [0, 0.1) is 6.92 Å². The van der Waals surface area contributed by atoms with Crippen molar-refractivity contribution in [3.63, 3.8) is 0 Å². The molecule has 1 atom stereocenters. The average Bonchev–Trinajstić information content (AvgIpc) is 2.97. The third-order valence-electron chi connectivity index (χ3n) is 6.46. The lowest BCUT2D eigenvalue weighted by Gasteiger charge is -2.32. The minimum atomic E-state index is -4.15. The Morgan fingerprint density at radius 3 is 2.17 bits per heavy atom.